The molecular weight excluding hydrogens is 376 g/mol. The molecule has 9 heteroatoms. The molecule has 2 heterocycles. The van der Waals surface area contributed by atoms with E-state index in [1.807, 2.05) is 0 Å². The summed E-state index contributed by atoms with van der Waals surface area (Å²) in [4.78, 5) is 13.9. The third-order valence-electron chi connectivity index (χ3n) is 4.10. The maximum absolute atomic E-state index is 12.5. The lowest BCUT2D eigenvalue weighted by Gasteiger charge is -2.33. The Kier molecular flexibility index (Phi) is 5.80. The Labute approximate surface area is 156 Å². The molecule has 3 rings (SSSR count). The highest BCUT2D eigenvalue weighted by Gasteiger charge is 2.30. The number of carbonyl (C=O) groups excluding carboxylic acids is 1. The molecule has 0 bridgehead atoms. The van der Waals surface area contributed by atoms with Gasteiger partial charge in [-0.05, 0) is 35.7 Å². The van der Waals surface area contributed by atoms with E-state index in [0.717, 1.165) is 0 Å². The molecule has 0 unspecified atom stereocenters. The summed E-state index contributed by atoms with van der Waals surface area (Å²) in [6.45, 7) is 1.21. The number of piperazine rings is 1. The van der Waals surface area contributed by atoms with Crippen molar-refractivity contribution in [2.24, 2.45) is 0 Å². The first-order valence-corrected chi connectivity index (χ1v) is 10.4. The lowest BCUT2D eigenvalue weighted by Crippen LogP contribution is -2.51. The van der Waals surface area contributed by atoms with Crippen molar-refractivity contribution in [3.8, 4) is 11.5 Å². The fourth-order valence-corrected chi connectivity index (χ4v) is 5.19. The molecule has 1 fully saturated rings. The Morgan fingerprint density at radius 1 is 1.08 bits per heavy atom. The van der Waals surface area contributed by atoms with Crippen LogP contribution in [0.25, 0.3) is 0 Å². The minimum Gasteiger partial charge on any atom is -0.497 e. The van der Waals surface area contributed by atoms with Crippen LogP contribution in [0.2, 0.25) is 0 Å². The van der Waals surface area contributed by atoms with Crippen LogP contribution in [0, 0.1) is 0 Å². The second-order valence-corrected chi connectivity index (χ2v) is 8.79. The van der Waals surface area contributed by atoms with Crippen molar-refractivity contribution >= 4 is 27.3 Å². The molecule has 0 radical (unpaired) electrons. The zero-order chi connectivity index (χ0) is 18.6. The third-order valence-corrected chi connectivity index (χ3v) is 7.37. The largest absolute Gasteiger partial charge is 0.497 e. The van der Waals surface area contributed by atoms with Crippen molar-refractivity contribution < 1.29 is 22.7 Å². The van der Waals surface area contributed by atoms with Gasteiger partial charge in [-0.15, -0.1) is 11.3 Å². The molecule has 0 N–H and O–H groups in total. The van der Waals surface area contributed by atoms with E-state index >= 15 is 0 Å². The van der Waals surface area contributed by atoms with Gasteiger partial charge in [0.15, 0.2) is 6.61 Å². The van der Waals surface area contributed by atoms with Crippen LogP contribution in [-0.2, 0) is 14.8 Å². The van der Waals surface area contributed by atoms with Crippen LogP contribution in [0.5, 0.6) is 11.5 Å². The van der Waals surface area contributed by atoms with Gasteiger partial charge in [-0.3, -0.25) is 4.79 Å². The van der Waals surface area contributed by atoms with E-state index in [9.17, 15) is 13.2 Å². The first-order valence-electron chi connectivity index (χ1n) is 8.09. The van der Waals surface area contributed by atoms with Crippen LogP contribution >= 0.6 is 11.3 Å². The molecule has 1 aliphatic heterocycles. The summed E-state index contributed by atoms with van der Waals surface area (Å²) >= 11 is 1.20. The molecular formula is C17H20N2O5S2. The van der Waals surface area contributed by atoms with Crippen LogP contribution in [0.1, 0.15) is 0 Å². The predicted octanol–water partition coefficient (Wildman–Crippen LogP) is 1.67. The number of thiophene rings is 1. The average molecular weight is 396 g/mol. The van der Waals surface area contributed by atoms with Gasteiger partial charge in [0, 0.05) is 26.2 Å². The van der Waals surface area contributed by atoms with Gasteiger partial charge >= 0.3 is 0 Å². The molecule has 0 aliphatic carbocycles. The molecule has 140 valence electrons. The van der Waals surface area contributed by atoms with Crippen molar-refractivity contribution in [1.29, 1.82) is 0 Å². The standard InChI is InChI=1S/C17H20N2O5S2/c1-23-14-4-6-15(7-5-14)24-13-16(20)18-8-10-19(11-9-18)26(21,22)17-3-2-12-25-17/h2-7,12H,8-11,13H2,1H3. The maximum atomic E-state index is 12.5. The number of methoxy groups -OCH3 is 1. The Balaban J connectivity index is 1.50. The van der Waals surface area contributed by atoms with E-state index in [2.05, 4.69) is 0 Å². The summed E-state index contributed by atoms with van der Waals surface area (Å²) < 4.78 is 37.3. The normalized spacial score (nSPS) is 15.7. The van der Waals surface area contributed by atoms with Crippen molar-refractivity contribution in [3.63, 3.8) is 0 Å². The summed E-state index contributed by atoms with van der Waals surface area (Å²) in [7, 11) is -1.88. The first kappa shape index (κ1) is 18.7. The quantitative estimate of drug-likeness (QED) is 0.742. The summed E-state index contributed by atoms with van der Waals surface area (Å²) in [6.07, 6.45) is 0. The van der Waals surface area contributed by atoms with Gasteiger partial charge in [-0.2, -0.15) is 4.31 Å². The summed E-state index contributed by atoms with van der Waals surface area (Å²) in [6, 6.07) is 10.3. The number of sulfonamides is 1. The van der Waals surface area contributed by atoms with Gasteiger partial charge in [0.05, 0.1) is 7.11 Å². The highest BCUT2D eigenvalue weighted by Crippen LogP contribution is 2.22. The summed E-state index contributed by atoms with van der Waals surface area (Å²) in [5.74, 6) is 1.14. The zero-order valence-corrected chi connectivity index (χ0v) is 16.0. The molecule has 0 spiro atoms. The molecule has 1 amide bonds. The van der Waals surface area contributed by atoms with E-state index in [0.29, 0.717) is 28.8 Å². The fourth-order valence-electron chi connectivity index (χ4n) is 2.62. The maximum Gasteiger partial charge on any atom is 0.260 e. The number of nitrogens with zero attached hydrogens (tertiary/aromatic N) is 2. The number of hydrogen-bond acceptors (Lipinski definition) is 6. The van der Waals surface area contributed by atoms with Gasteiger partial charge in [0.25, 0.3) is 15.9 Å². The minimum absolute atomic E-state index is 0.0794. The minimum atomic E-state index is -3.46. The number of benzene rings is 1. The van der Waals surface area contributed by atoms with Crippen LogP contribution < -0.4 is 9.47 Å². The SMILES string of the molecule is COc1ccc(OCC(=O)N2CCN(S(=O)(=O)c3cccs3)CC2)cc1. The van der Waals surface area contributed by atoms with Crippen molar-refractivity contribution in [1.82, 2.24) is 9.21 Å². The number of hydrogen-bond donors (Lipinski definition) is 0. The summed E-state index contributed by atoms with van der Waals surface area (Å²) in [5, 5.41) is 1.74. The van der Waals surface area contributed by atoms with E-state index < -0.39 is 10.0 Å². The molecule has 1 aromatic heterocycles. The number of rotatable bonds is 6. The topological polar surface area (TPSA) is 76.2 Å². The highest BCUT2D eigenvalue weighted by atomic mass is 32.2. The fraction of sp³-hybridized carbons (Fsp3) is 0.353. The Bertz CT molecular complexity index is 827. The third kappa shape index (κ3) is 4.17. The van der Waals surface area contributed by atoms with Crippen molar-refractivity contribution in [2.45, 2.75) is 4.21 Å². The molecule has 26 heavy (non-hydrogen) atoms. The number of amides is 1. The number of ether oxygens (including phenoxy) is 2. The van der Waals surface area contributed by atoms with E-state index in [4.69, 9.17) is 9.47 Å². The van der Waals surface area contributed by atoms with Crippen LogP contribution in [0.4, 0.5) is 0 Å². The monoisotopic (exact) mass is 396 g/mol. The van der Waals surface area contributed by atoms with Gasteiger partial charge < -0.3 is 14.4 Å². The zero-order valence-electron chi connectivity index (χ0n) is 14.3. The Morgan fingerprint density at radius 2 is 1.73 bits per heavy atom. The smallest absolute Gasteiger partial charge is 0.260 e. The van der Waals surface area contributed by atoms with Gasteiger partial charge in [-0.1, -0.05) is 6.07 Å². The first-order chi connectivity index (χ1) is 12.5. The number of carbonyl (C=O) groups is 1. The summed E-state index contributed by atoms with van der Waals surface area (Å²) in [5.41, 5.74) is 0. The second kappa shape index (κ2) is 8.07. The molecule has 0 saturated carbocycles. The van der Waals surface area contributed by atoms with Crippen molar-refractivity contribution in [2.75, 3.05) is 39.9 Å². The van der Waals surface area contributed by atoms with Crippen molar-refractivity contribution in [3.05, 3.63) is 41.8 Å². The van der Waals surface area contributed by atoms with Crippen LogP contribution in [0.3, 0.4) is 0 Å². The molecule has 2 aromatic rings. The Hall–Kier alpha value is -2.10. The predicted molar refractivity (Wildman–Crippen MR) is 98.1 cm³/mol. The van der Waals surface area contributed by atoms with Gasteiger partial charge in [0.2, 0.25) is 0 Å². The van der Waals surface area contributed by atoms with Crippen LogP contribution in [0.15, 0.2) is 46.0 Å². The highest BCUT2D eigenvalue weighted by molar-refractivity contribution is 7.91. The lowest BCUT2D eigenvalue weighted by atomic mass is 10.3. The molecule has 7 nitrogen and oxygen atoms in total. The van der Waals surface area contributed by atoms with E-state index in [1.165, 1.54) is 15.6 Å². The average Bonchev–Trinajstić information content (AvgIpc) is 3.22. The Morgan fingerprint density at radius 3 is 2.31 bits per heavy atom. The molecule has 0 atom stereocenters. The molecule has 1 saturated heterocycles. The molecule has 1 aliphatic rings. The van der Waals surface area contributed by atoms with Gasteiger partial charge in [0.1, 0.15) is 15.7 Å². The van der Waals surface area contributed by atoms with Crippen LogP contribution in [-0.4, -0.2) is 63.4 Å². The lowest BCUT2D eigenvalue weighted by molar-refractivity contribution is -0.134. The van der Waals surface area contributed by atoms with E-state index in [1.54, 1.807) is 53.8 Å². The second-order valence-electron chi connectivity index (χ2n) is 5.68. The molecule has 1 aromatic carbocycles. The van der Waals surface area contributed by atoms with E-state index in [-0.39, 0.29) is 25.6 Å². The van der Waals surface area contributed by atoms with Gasteiger partial charge in [-0.25, -0.2) is 8.42 Å².